The summed E-state index contributed by atoms with van der Waals surface area (Å²) in [6.07, 6.45) is 6.43. The highest BCUT2D eigenvalue weighted by atomic mass is 19.2. The lowest BCUT2D eigenvalue weighted by molar-refractivity contribution is -0.173. The zero-order valence-electron chi connectivity index (χ0n) is 9.72. The summed E-state index contributed by atoms with van der Waals surface area (Å²) < 4.78 is 18.1. The van der Waals surface area contributed by atoms with Gasteiger partial charge in [0.15, 0.2) is 0 Å². The largest absolute Gasteiger partial charge is 0.426 e. The number of unbranched alkanes of at least 4 members (excludes halogenated alkanes) is 4. The zero-order valence-corrected chi connectivity index (χ0v) is 9.72. The average Bonchev–Trinajstić information content (AvgIpc) is 2.16. The zero-order chi connectivity index (χ0) is 11.7. The van der Waals surface area contributed by atoms with Crippen molar-refractivity contribution in [3.05, 3.63) is 12.7 Å². The van der Waals surface area contributed by atoms with Gasteiger partial charge in [-0.1, -0.05) is 39.2 Å². The van der Waals surface area contributed by atoms with Crippen molar-refractivity contribution < 1.29 is 13.9 Å². The molecule has 0 aromatic rings. The van der Waals surface area contributed by atoms with Crippen molar-refractivity contribution in [2.45, 2.75) is 58.2 Å². The number of esters is 1. The molecule has 0 saturated heterocycles. The van der Waals surface area contributed by atoms with Gasteiger partial charge in [0, 0.05) is 19.4 Å². The van der Waals surface area contributed by atoms with E-state index in [-0.39, 0.29) is 6.42 Å². The number of carbonyl (C=O) groups excluding carboxylic acids is 1. The van der Waals surface area contributed by atoms with Gasteiger partial charge in [0.25, 0.3) is 0 Å². The predicted molar refractivity (Wildman–Crippen MR) is 59.2 cm³/mol. The minimum absolute atomic E-state index is 0.260. The van der Waals surface area contributed by atoms with Crippen LogP contribution in [0.2, 0.25) is 0 Å². The summed E-state index contributed by atoms with van der Waals surface area (Å²) in [6, 6.07) is 0. The molecule has 0 aromatic carbocycles. The summed E-state index contributed by atoms with van der Waals surface area (Å²) in [4.78, 5) is 10.8. The molecule has 0 spiro atoms. The Bertz CT molecular complexity index is 200. The Balaban J connectivity index is 3.64. The van der Waals surface area contributed by atoms with Crippen LogP contribution in [0.4, 0.5) is 4.39 Å². The Hall–Kier alpha value is -0.860. The van der Waals surface area contributed by atoms with Crippen LogP contribution in [-0.4, -0.2) is 11.8 Å². The molecule has 1 atom stereocenters. The second-order valence-corrected chi connectivity index (χ2v) is 3.89. The van der Waals surface area contributed by atoms with Gasteiger partial charge in [0.1, 0.15) is 0 Å². The third-order valence-corrected chi connectivity index (χ3v) is 2.21. The van der Waals surface area contributed by atoms with Crippen LogP contribution in [-0.2, 0) is 9.53 Å². The summed E-state index contributed by atoms with van der Waals surface area (Å²) >= 11 is 0. The standard InChI is InChI=1S/C12H21FO2/c1-4-6-7-8-9-10-12(3,13)15-11(14)5-2/h5H,2,4,6-10H2,1,3H3. The van der Waals surface area contributed by atoms with Gasteiger partial charge in [-0.15, -0.1) is 0 Å². The van der Waals surface area contributed by atoms with Crippen LogP contribution in [0, 0.1) is 0 Å². The van der Waals surface area contributed by atoms with E-state index in [1.165, 1.54) is 19.8 Å². The molecule has 0 aliphatic heterocycles. The quantitative estimate of drug-likeness (QED) is 0.351. The number of hydrogen-bond acceptors (Lipinski definition) is 2. The molecular formula is C12H21FO2. The molecule has 0 bridgehead atoms. The molecule has 0 aliphatic rings. The van der Waals surface area contributed by atoms with Gasteiger partial charge < -0.3 is 4.74 Å². The van der Waals surface area contributed by atoms with Crippen LogP contribution in [0.25, 0.3) is 0 Å². The third-order valence-electron chi connectivity index (χ3n) is 2.21. The van der Waals surface area contributed by atoms with Gasteiger partial charge in [-0.05, 0) is 6.42 Å². The van der Waals surface area contributed by atoms with Crippen LogP contribution < -0.4 is 0 Å². The first-order valence-corrected chi connectivity index (χ1v) is 5.56. The number of alkyl halides is 1. The van der Waals surface area contributed by atoms with Gasteiger partial charge in [-0.2, -0.15) is 4.39 Å². The van der Waals surface area contributed by atoms with E-state index in [0.717, 1.165) is 25.3 Å². The Morgan fingerprint density at radius 2 is 2.00 bits per heavy atom. The molecule has 0 heterocycles. The van der Waals surface area contributed by atoms with Crippen LogP contribution in [0.15, 0.2) is 12.7 Å². The fourth-order valence-corrected chi connectivity index (χ4v) is 1.35. The highest BCUT2D eigenvalue weighted by Crippen LogP contribution is 2.21. The molecule has 0 saturated carbocycles. The lowest BCUT2D eigenvalue weighted by atomic mass is 10.1. The van der Waals surface area contributed by atoms with Crippen molar-refractivity contribution in [1.29, 1.82) is 0 Å². The van der Waals surface area contributed by atoms with E-state index in [1.54, 1.807) is 0 Å². The van der Waals surface area contributed by atoms with E-state index >= 15 is 0 Å². The number of carbonyl (C=O) groups is 1. The molecule has 2 nitrogen and oxygen atoms in total. The number of halogens is 1. The van der Waals surface area contributed by atoms with E-state index < -0.39 is 11.8 Å². The molecule has 0 aromatic heterocycles. The maximum absolute atomic E-state index is 13.5. The van der Waals surface area contributed by atoms with Crippen molar-refractivity contribution in [3.8, 4) is 0 Å². The summed E-state index contributed by atoms with van der Waals surface area (Å²) in [7, 11) is 0. The first kappa shape index (κ1) is 14.1. The van der Waals surface area contributed by atoms with Crippen molar-refractivity contribution in [2.75, 3.05) is 0 Å². The van der Waals surface area contributed by atoms with E-state index in [1.807, 2.05) is 0 Å². The molecule has 1 unspecified atom stereocenters. The molecule has 0 aliphatic carbocycles. The van der Waals surface area contributed by atoms with Gasteiger partial charge in [-0.25, -0.2) is 4.79 Å². The minimum atomic E-state index is -1.85. The summed E-state index contributed by atoms with van der Waals surface area (Å²) in [6.45, 7) is 6.64. The minimum Gasteiger partial charge on any atom is -0.426 e. The molecule has 0 amide bonds. The van der Waals surface area contributed by atoms with Gasteiger partial charge >= 0.3 is 5.97 Å². The van der Waals surface area contributed by atoms with E-state index in [9.17, 15) is 9.18 Å². The lowest BCUT2D eigenvalue weighted by Crippen LogP contribution is -2.25. The summed E-state index contributed by atoms with van der Waals surface area (Å²) in [5.41, 5.74) is 0. The van der Waals surface area contributed by atoms with E-state index in [0.29, 0.717) is 0 Å². The van der Waals surface area contributed by atoms with Crippen LogP contribution >= 0.6 is 0 Å². The second kappa shape index (κ2) is 7.43. The van der Waals surface area contributed by atoms with Gasteiger partial charge in [0.05, 0.1) is 0 Å². The molecule has 0 fully saturated rings. The number of ether oxygens (including phenoxy) is 1. The van der Waals surface area contributed by atoms with Crippen molar-refractivity contribution in [1.82, 2.24) is 0 Å². The Morgan fingerprint density at radius 1 is 1.40 bits per heavy atom. The highest BCUT2D eigenvalue weighted by molar-refractivity contribution is 5.81. The Labute approximate surface area is 91.5 Å². The van der Waals surface area contributed by atoms with Gasteiger partial charge in [-0.3, -0.25) is 0 Å². The van der Waals surface area contributed by atoms with E-state index in [4.69, 9.17) is 0 Å². The maximum atomic E-state index is 13.5. The normalized spacial score (nSPS) is 14.3. The molecule has 0 N–H and O–H groups in total. The fourth-order valence-electron chi connectivity index (χ4n) is 1.35. The Kier molecular flexibility index (Phi) is 7.01. The fraction of sp³-hybridized carbons (Fsp3) is 0.750. The molecule has 3 heteroatoms. The van der Waals surface area contributed by atoms with Crippen LogP contribution in [0.3, 0.4) is 0 Å². The highest BCUT2D eigenvalue weighted by Gasteiger charge is 2.25. The van der Waals surface area contributed by atoms with Crippen LogP contribution in [0.5, 0.6) is 0 Å². The smallest absolute Gasteiger partial charge is 0.332 e. The van der Waals surface area contributed by atoms with Crippen molar-refractivity contribution >= 4 is 5.97 Å². The van der Waals surface area contributed by atoms with Gasteiger partial charge in [0.2, 0.25) is 5.85 Å². The maximum Gasteiger partial charge on any atom is 0.332 e. The topological polar surface area (TPSA) is 26.3 Å². The first-order valence-electron chi connectivity index (χ1n) is 5.56. The molecule has 88 valence electrons. The third kappa shape index (κ3) is 8.16. The van der Waals surface area contributed by atoms with Crippen molar-refractivity contribution in [3.63, 3.8) is 0 Å². The number of hydrogen-bond donors (Lipinski definition) is 0. The molecular weight excluding hydrogens is 195 g/mol. The summed E-state index contributed by atoms with van der Waals surface area (Å²) in [5.74, 6) is -2.55. The molecule has 0 radical (unpaired) electrons. The lowest BCUT2D eigenvalue weighted by Gasteiger charge is -2.19. The monoisotopic (exact) mass is 216 g/mol. The SMILES string of the molecule is C=CC(=O)OC(C)(F)CCCCCCC. The average molecular weight is 216 g/mol. The second-order valence-electron chi connectivity index (χ2n) is 3.89. The molecule has 15 heavy (non-hydrogen) atoms. The predicted octanol–water partition coefficient (Wildman–Crippen LogP) is 3.76. The summed E-state index contributed by atoms with van der Waals surface area (Å²) in [5, 5.41) is 0. The number of rotatable bonds is 8. The molecule has 0 rings (SSSR count). The van der Waals surface area contributed by atoms with Crippen LogP contribution in [0.1, 0.15) is 52.4 Å². The Morgan fingerprint density at radius 3 is 2.53 bits per heavy atom. The first-order chi connectivity index (χ1) is 7.02. The van der Waals surface area contributed by atoms with E-state index in [2.05, 4.69) is 18.2 Å². The van der Waals surface area contributed by atoms with Crippen molar-refractivity contribution in [2.24, 2.45) is 0 Å².